The van der Waals surface area contributed by atoms with Gasteiger partial charge in [0.2, 0.25) is 0 Å². The Morgan fingerprint density at radius 2 is 2.70 bits per heavy atom. The summed E-state index contributed by atoms with van der Waals surface area (Å²) in [5, 5.41) is 1.75. The summed E-state index contributed by atoms with van der Waals surface area (Å²) in [6.07, 6.45) is 1.57. The van der Waals surface area contributed by atoms with E-state index in [0.717, 1.165) is 0 Å². The first kappa shape index (κ1) is 7.51. The van der Waals surface area contributed by atoms with Gasteiger partial charge in [-0.2, -0.15) is 0 Å². The predicted octanol–water partition coefficient (Wildman–Crippen LogP) is 0.315. The fourth-order valence-electron chi connectivity index (χ4n) is 0.519. The Kier molecular flexibility index (Phi) is 2.66. The summed E-state index contributed by atoms with van der Waals surface area (Å²) in [7, 11) is 0. The van der Waals surface area contributed by atoms with Crippen molar-refractivity contribution in [2.45, 2.75) is 6.92 Å². The van der Waals surface area contributed by atoms with Crippen molar-refractivity contribution in [2.24, 2.45) is 0 Å². The zero-order valence-electron chi connectivity index (χ0n) is 5.53. The van der Waals surface area contributed by atoms with E-state index in [1.165, 1.54) is 0 Å². The van der Waals surface area contributed by atoms with Crippen molar-refractivity contribution in [3.05, 3.63) is 15.7 Å². The van der Waals surface area contributed by atoms with Gasteiger partial charge in [0.15, 0.2) is 0 Å². The van der Waals surface area contributed by atoms with Crippen molar-refractivity contribution in [3.8, 4) is 0 Å². The van der Waals surface area contributed by atoms with Crippen LogP contribution in [-0.4, -0.2) is 32.1 Å². The second kappa shape index (κ2) is 3.54. The number of nitrogens with zero attached hydrogens (tertiary/aromatic N) is 1. The summed E-state index contributed by atoms with van der Waals surface area (Å²) in [5.74, 6) is -0.222. The number of ether oxygens (including phenoxy) is 1. The molecule has 0 aliphatic rings. The van der Waals surface area contributed by atoms with E-state index < -0.39 is 0 Å². The number of carbonyl (C=O) groups excluding carboxylic acids is 1. The molecule has 54 valence electrons. The van der Waals surface area contributed by atoms with E-state index in [0.29, 0.717) is 11.0 Å². The molecule has 0 amide bonds. The third kappa shape index (κ3) is 1.69. The summed E-state index contributed by atoms with van der Waals surface area (Å²) in [4.78, 5) is 14.7. The summed E-state index contributed by atoms with van der Waals surface area (Å²) in [5.41, 5.74) is 0. The van der Waals surface area contributed by atoms with Crippen molar-refractivity contribution in [2.75, 3.05) is 6.61 Å². The molecule has 4 heteroatoms. The second-order valence-corrected chi connectivity index (χ2v) is 3.45. The standard InChI is InChI=1S/C6H7NO2Se/c1-2-9-6(8)5-3-7-4-10-5/h3-4H,2H2,1H3. The van der Waals surface area contributed by atoms with Gasteiger partial charge < -0.3 is 0 Å². The van der Waals surface area contributed by atoms with Crippen LogP contribution in [0, 0.1) is 0 Å². The molecule has 0 atom stereocenters. The van der Waals surface area contributed by atoms with Crippen LogP contribution in [0.4, 0.5) is 0 Å². The summed E-state index contributed by atoms with van der Waals surface area (Å²) >= 11 is 0.103. The molecule has 10 heavy (non-hydrogen) atoms. The molecule has 0 radical (unpaired) electrons. The van der Waals surface area contributed by atoms with Gasteiger partial charge in [0.1, 0.15) is 0 Å². The van der Waals surface area contributed by atoms with Crippen LogP contribution in [0.2, 0.25) is 0 Å². The Morgan fingerprint density at radius 1 is 1.90 bits per heavy atom. The van der Waals surface area contributed by atoms with E-state index in [-0.39, 0.29) is 20.5 Å². The summed E-state index contributed by atoms with van der Waals surface area (Å²) in [6.45, 7) is 2.23. The van der Waals surface area contributed by atoms with Crippen molar-refractivity contribution in [1.29, 1.82) is 0 Å². The molecule has 0 N–H and O–H groups in total. The van der Waals surface area contributed by atoms with Gasteiger partial charge in [0.05, 0.1) is 0 Å². The van der Waals surface area contributed by atoms with Crippen LogP contribution in [0.3, 0.4) is 0 Å². The Hall–Kier alpha value is -0.601. The van der Waals surface area contributed by atoms with Gasteiger partial charge in [-0.3, -0.25) is 0 Å². The number of hydrogen-bond donors (Lipinski definition) is 0. The third-order valence-corrected chi connectivity index (χ3v) is 2.49. The quantitative estimate of drug-likeness (QED) is 0.514. The number of rotatable bonds is 2. The average molecular weight is 204 g/mol. The normalized spacial score (nSPS) is 9.30. The van der Waals surface area contributed by atoms with Crippen LogP contribution >= 0.6 is 0 Å². The molecular weight excluding hydrogens is 197 g/mol. The zero-order valence-corrected chi connectivity index (χ0v) is 7.25. The monoisotopic (exact) mass is 205 g/mol. The van der Waals surface area contributed by atoms with Gasteiger partial charge in [-0.15, -0.1) is 0 Å². The number of carbonyl (C=O) groups is 1. The Balaban J connectivity index is 2.59. The van der Waals surface area contributed by atoms with Gasteiger partial charge in [-0.25, -0.2) is 0 Å². The maximum atomic E-state index is 10.9. The molecular formula is C6H7NO2Se. The molecule has 1 rings (SSSR count). The van der Waals surface area contributed by atoms with Gasteiger partial charge in [-0.05, 0) is 0 Å². The Morgan fingerprint density at radius 3 is 3.20 bits per heavy atom. The van der Waals surface area contributed by atoms with E-state index in [1.807, 2.05) is 0 Å². The molecule has 0 saturated carbocycles. The van der Waals surface area contributed by atoms with Crippen LogP contribution in [0.1, 0.15) is 16.2 Å². The van der Waals surface area contributed by atoms with Gasteiger partial charge >= 0.3 is 64.2 Å². The molecule has 0 bridgehead atoms. The van der Waals surface area contributed by atoms with E-state index in [9.17, 15) is 4.79 Å². The van der Waals surface area contributed by atoms with Crippen molar-refractivity contribution in [1.82, 2.24) is 4.98 Å². The van der Waals surface area contributed by atoms with Crippen LogP contribution in [0.25, 0.3) is 0 Å². The third-order valence-electron chi connectivity index (χ3n) is 0.909. The summed E-state index contributed by atoms with van der Waals surface area (Å²) in [6, 6.07) is 0. The minimum absolute atomic E-state index is 0.103. The Labute approximate surface area is 64.8 Å². The topological polar surface area (TPSA) is 39.2 Å². The van der Waals surface area contributed by atoms with Crippen LogP contribution in [0.15, 0.2) is 11.3 Å². The molecule has 3 nitrogen and oxygen atoms in total. The fourth-order valence-corrected chi connectivity index (χ4v) is 1.59. The Bertz CT molecular complexity index is 208. The fraction of sp³-hybridized carbons (Fsp3) is 0.333. The maximum absolute atomic E-state index is 10.9. The minimum atomic E-state index is -0.222. The predicted molar refractivity (Wildman–Crippen MR) is 37.1 cm³/mol. The molecule has 0 fully saturated rings. The van der Waals surface area contributed by atoms with Gasteiger partial charge in [0.25, 0.3) is 0 Å². The second-order valence-electron chi connectivity index (χ2n) is 1.59. The summed E-state index contributed by atoms with van der Waals surface area (Å²) < 4.78 is 5.46. The molecule has 1 heterocycles. The number of aromatic nitrogens is 1. The molecule has 0 unspecified atom stereocenters. The molecule has 0 aromatic carbocycles. The van der Waals surface area contributed by atoms with Crippen LogP contribution in [-0.2, 0) is 4.74 Å². The van der Waals surface area contributed by atoms with Crippen molar-refractivity contribution in [3.63, 3.8) is 0 Å². The van der Waals surface area contributed by atoms with Gasteiger partial charge in [0, 0.05) is 0 Å². The first-order valence-electron chi connectivity index (χ1n) is 2.90. The first-order valence-corrected chi connectivity index (χ1v) is 4.74. The first-order chi connectivity index (χ1) is 4.84. The van der Waals surface area contributed by atoms with E-state index in [1.54, 1.807) is 18.2 Å². The van der Waals surface area contributed by atoms with Crippen LogP contribution < -0.4 is 0 Å². The molecule has 0 aliphatic carbocycles. The SMILES string of the molecule is CCOC(=O)c1cnc[se]1. The molecule has 1 aromatic heterocycles. The molecule has 0 saturated heterocycles. The zero-order chi connectivity index (χ0) is 7.40. The average Bonchev–Trinajstić information content (AvgIpc) is 2.38. The van der Waals surface area contributed by atoms with Crippen molar-refractivity contribution >= 4 is 20.5 Å². The van der Waals surface area contributed by atoms with Crippen LogP contribution in [0.5, 0.6) is 0 Å². The molecule has 0 aliphatic heterocycles. The molecule has 1 aromatic rings. The molecule has 0 spiro atoms. The number of esters is 1. The number of hydrogen-bond acceptors (Lipinski definition) is 3. The van der Waals surface area contributed by atoms with Gasteiger partial charge in [-0.1, -0.05) is 0 Å². The van der Waals surface area contributed by atoms with E-state index in [4.69, 9.17) is 4.74 Å². The van der Waals surface area contributed by atoms with Crippen molar-refractivity contribution < 1.29 is 9.53 Å². The van der Waals surface area contributed by atoms with E-state index in [2.05, 4.69) is 4.98 Å². The van der Waals surface area contributed by atoms with E-state index >= 15 is 0 Å².